The van der Waals surface area contributed by atoms with Crippen LogP contribution in [0, 0.1) is 5.92 Å². The summed E-state index contributed by atoms with van der Waals surface area (Å²) in [6.45, 7) is 8.71. The van der Waals surface area contributed by atoms with Gasteiger partial charge in [-0.3, -0.25) is 4.90 Å². The van der Waals surface area contributed by atoms with Crippen LogP contribution in [0.5, 0.6) is 0 Å². The molecule has 25 heavy (non-hydrogen) atoms. The molecule has 0 aliphatic carbocycles. The lowest BCUT2D eigenvalue weighted by atomic mass is 9.98. The summed E-state index contributed by atoms with van der Waals surface area (Å²) >= 11 is 0. The summed E-state index contributed by atoms with van der Waals surface area (Å²) in [4.78, 5) is 14.1. The Balaban J connectivity index is 1.93. The second-order valence-corrected chi connectivity index (χ2v) is 8.43. The van der Waals surface area contributed by atoms with Gasteiger partial charge in [0.15, 0.2) is 0 Å². The van der Waals surface area contributed by atoms with Crippen LogP contribution in [0.4, 0.5) is 0 Å². The smallest absolute Gasteiger partial charge is 0.338 e. The van der Waals surface area contributed by atoms with E-state index in [1.165, 1.54) is 24.3 Å². The van der Waals surface area contributed by atoms with Gasteiger partial charge in [0.05, 0.1) is 17.1 Å². The highest BCUT2D eigenvalue weighted by Crippen LogP contribution is 2.18. The number of piperidine rings is 1. The number of hydrogen-bond donors (Lipinski definition) is 1. The summed E-state index contributed by atoms with van der Waals surface area (Å²) < 4.78 is 32.4. The number of rotatable bonds is 7. The van der Waals surface area contributed by atoms with Gasteiger partial charge < -0.3 is 4.74 Å². The predicted molar refractivity (Wildman–Crippen MR) is 97.0 cm³/mol. The predicted octanol–water partition coefficient (Wildman–Crippen LogP) is 2.26. The van der Waals surface area contributed by atoms with Gasteiger partial charge in [0.1, 0.15) is 0 Å². The molecule has 1 heterocycles. The number of nitrogens with one attached hydrogen (secondary N) is 1. The van der Waals surface area contributed by atoms with E-state index in [9.17, 15) is 13.2 Å². The number of likely N-dealkylation sites (tertiary alicyclic amines) is 1. The molecule has 1 aliphatic rings. The number of carbonyl (C=O) groups is 1. The molecule has 0 radical (unpaired) electrons. The molecule has 1 aliphatic heterocycles. The number of benzene rings is 1. The largest absolute Gasteiger partial charge is 0.462 e. The minimum atomic E-state index is -3.59. The van der Waals surface area contributed by atoms with E-state index in [4.69, 9.17) is 4.74 Å². The van der Waals surface area contributed by atoms with Crippen molar-refractivity contribution < 1.29 is 17.9 Å². The van der Waals surface area contributed by atoms with E-state index in [0.29, 0.717) is 12.1 Å². The Morgan fingerprint density at radius 2 is 1.88 bits per heavy atom. The van der Waals surface area contributed by atoms with Crippen molar-refractivity contribution >= 4 is 16.0 Å². The number of esters is 1. The monoisotopic (exact) mass is 368 g/mol. The molecule has 0 amide bonds. The molecule has 0 aromatic heterocycles. The van der Waals surface area contributed by atoms with Crippen LogP contribution in [0.15, 0.2) is 29.2 Å². The van der Waals surface area contributed by atoms with Gasteiger partial charge in [-0.05, 0) is 70.0 Å². The molecule has 0 spiro atoms. The summed E-state index contributed by atoms with van der Waals surface area (Å²) in [7, 11) is -3.59. The number of nitrogens with zero attached hydrogens (tertiary/aromatic N) is 1. The fourth-order valence-corrected chi connectivity index (χ4v) is 4.02. The van der Waals surface area contributed by atoms with Gasteiger partial charge in [0.25, 0.3) is 0 Å². The summed E-state index contributed by atoms with van der Waals surface area (Å²) in [5.41, 5.74) is 0.344. The average molecular weight is 368 g/mol. The Kier molecular flexibility index (Phi) is 6.98. The summed E-state index contributed by atoms with van der Waals surface area (Å²) in [5, 5.41) is 0. The minimum Gasteiger partial charge on any atom is -0.462 e. The molecule has 1 N–H and O–H groups in total. The second-order valence-electron chi connectivity index (χ2n) is 6.66. The lowest BCUT2D eigenvalue weighted by molar-refractivity contribution is 0.0526. The first kappa shape index (κ1) is 19.9. The van der Waals surface area contributed by atoms with Crippen molar-refractivity contribution in [1.82, 2.24) is 9.62 Å². The molecule has 1 fully saturated rings. The zero-order valence-corrected chi connectivity index (χ0v) is 16.0. The summed E-state index contributed by atoms with van der Waals surface area (Å²) in [6, 6.07) is 5.97. The molecule has 1 aromatic rings. The summed E-state index contributed by atoms with van der Waals surface area (Å²) in [5.74, 6) is 0.297. The fourth-order valence-electron chi connectivity index (χ4n) is 2.90. The molecule has 0 saturated carbocycles. The summed E-state index contributed by atoms with van der Waals surface area (Å²) in [6.07, 6.45) is 2.32. The first-order valence-electron chi connectivity index (χ1n) is 8.84. The highest BCUT2D eigenvalue weighted by molar-refractivity contribution is 7.89. The van der Waals surface area contributed by atoms with Crippen LogP contribution in [0.3, 0.4) is 0 Å². The van der Waals surface area contributed by atoms with E-state index >= 15 is 0 Å². The number of ether oxygens (including phenoxy) is 1. The lowest BCUT2D eigenvalue weighted by Crippen LogP contribution is -2.45. The highest BCUT2D eigenvalue weighted by atomic mass is 32.2. The maximum absolute atomic E-state index is 12.4. The van der Waals surface area contributed by atoms with E-state index in [-0.39, 0.29) is 17.5 Å². The van der Waals surface area contributed by atoms with Gasteiger partial charge >= 0.3 is 5.97 Å². The van der Waals surface area contributed by atoms with Gasteiger partial charge in [0.2, 0.25) is 10.0 Å². The molecular formula is C18H28N2O4S. The average Bonchev–Trinajstić information content (AvgIpc) is 2.61. The fraction of sp³-hybridized carbons (Fsp3) is 0.611. The van der Waals surface area contributed by atoms with Crippen molar-refractivity contribution in [2.24, 2.45) is 5.92 Å². The Hall–Kier alpha value is -1.44. The maximum atomic E-state index is 12.4. The van der Waals surface area contributed by atoms with Crippen molar-refractivity contribution in [3.05, 3.63) is 29.8 Å². The van der Waals surface area contributed by atoms with Crippen molar-refractivity contribution in [3.63, 3.8) is 0 Å². The Bertz CT molecular complexity index is 665. The normalized spacial score (nSPS) is 18.0. The third-order valence-corrected chi connectivity index (χ3v) is 6.13. The van der Waals surface area contributed by atoms with Crippen molar-refractivity contribution in [3.8, 4) is 0 Å². The molecule has 7 heteroatoms. The molecule has 140 valence electrons. The van der Waals surface area contributed by atoms with E-state index < -0.39 is 16.0 Å². The first-order valence-corrected chi connectivity index (χ1v) is 10.3. The third kappa shape index (κ3) is 5.52. The van der Waals surface area contributed by atoms with Gasteiger partial charge in [0, 0.05) is 12.6 Å². The maximum Gasteiger partial charge on any atom is 0.338 e. The van der Waals surface area contributed by atoms with Gasteiger partial charge in [-0.15, -0.1) is 0 Å². The molecule has 2 rings (SSSR count). The van der Waals surface area contributed by atoms with E-state index in [1.807, 2.05) is 6.92 Å². The van der Waals surface area contributed by atoms with Crippen molar-refractivity contribution in [2.45, 2.75) is 44.6 Å². The Morgan fingerprint density at radius 1 is 1.28 bits per heavy atom. The van der Waals surface area contributed by atoms with Gasteiger partial charge in [-0.25, -0.2) is 17.9 Å². The zero-order valence-electron chi connectivity index (χ0n) is 15.2. The Labute approximate surface area is 150 Å². The third-order valence-electron chi connectivity index (χ3n) is 4.69. The van der Waals surface area contributed by atoms with Crippen LogP contribution in [0.2, 0.25) is 0 Å². The number of sulfonamides is 1. The van der Waals surface area contributed by atoms with Crippen molar-refractivity contribution in [1.29, 1.82) is 0 Å². The van der Waals surface area contributed by atoms with Crippen LogP contribution in [-0.4, -0.2) is 51.6 Å². The molecule has 6 nitrogen and oxygen atoms in total. The van der Waals surface area contributed by atoms with Gasteiger partial charge in [-0.2, -0.15) is 0 Å². The zero-order chi connectivity index (χ0) is 18.4. The van der Waals surface area contributed by atoms with E-state index in [1.54, 1.807) is 6.92 Å². The van der Waals surface area contributed by atoms with Gasteiger partial charge in [-0.1, -0.05) is 6.92 Å². The number of carbonyl (C=O) groups excluding carboxylic acids is 1. The molecule has 1 saturated heterocycles. The molecule has 0 bridgehead atoms. The SMILES string of the molecule is CCOC(=O)c1ccc(S(=O)(=O)NCC(C)N2CCC(C)CC2)cc1. The quantitative estimate of drug-likeness (QED) is 0.747. The first-order chi connectivity index (χ1) is 11.8. The van der Waals surface area contributed by atoms with Crippen LogP contribution < -0.4 is 4.72 Å². The van der Waals surface area contributed by atoms with Crippen LogP contribution in [0.25, 0.3) is 0 Å². The standard InChI is InChI=1S/C18H28N2O4S/c1-4-24-18(21)16-5-7-17(8-6-16)25(22,23)19-13-15(3)20-11-9-14(2)10-12-20/h5-8,14-15,19H,4,9-13H2,1-3H3. The van der Waals surface area contributed by atoms with E-state index in [2.05, 4.69) is 16.5 Å². The second kappa shape index (κ2) is 8.78. The molecular weight excluding hydrogens is 340 g/mol. The molecule has 1 unspecified atom stereocenters. The Morgan fingerprint density at radius 3 is 2.44 bits per heavy atom. The van der Waals surface area contributed by atoms with Crippen LogP contribution in [-0.2, 0) is 14.8 Å². The lowest BCUT2D eigenvalue weighted by Gasteiger charge is -2.34. The topological polar surface area (TPSA) is 75.7 Å². The van der Waals surface area contributed by atoms with Crippen molar-refractivity contribution in [2.75, 3.05) is 26.2 Å². The van der Waals surface area contributed by atoms with Crippen LogP contribution in [0.1, 0.15) is 44.0 Å². The number of hydrogen-bond acceptors (Lipinski definition) is 5. The minimum absolute atomic E-state index is 0.153. The van der Waals surface area contributed by atoms with Crippen LogP contribution >= 0.6 is 0 Å². The molecule has 1 aromatic carbocycles. The highest BCUT2D eigenvalue weighted by Gasteiger charge is 2.22. The molecule has 1 atom stereocenters. The van der Waals surface area contributed by atoms with E-state index in [0.717, 1.165) is 31.8 Å².